The van der Waals surface area contributed by atoms with Crippen LogP contribution in [0.4, 0.5) is 0 Å². The molecule has 0 aliphatic rings. The number of carbonyl (C=O) groups is 11. The van der Waals surface area contributed by atoms with Crippen LogP contribution in [0.3, 0.4) is 0 Å². The maximum absolute atomic E-state index is 12.5. The molecule has 20 nitrogen and oxygen atoms in total. The Balaban J connectivity index is 2.57. The van der Waals surface area contributed by atoms with Gasteiger partial charge in [0, 0.05) is 56.9 Å². The van der Waals surface area contributed by atoms with Gasteiger partial charge in [0.1, 0.15) is 30.5 Å². The first-order valence-electron chi connectivity index (χ1n) is 16.4. The summed E-state index contributed by atoms with van der Waals surface area (Å²) < 4.78 is 0. The molecule has 5 amide bonds. The Kier molecular flexibility index (Phi) is 20.9. The SMILES string of the molecule is CC(=O)SCCC(=O)NC(CCC(=O)NC(CCC(=O)NC(CCC(=O)NC(CCC(=O)NCc1ccc(C=O)cc1)C(=O)O)C(=O)O)C(=O)O)C(=O)O. The van der Waals surface area contributed by atoms with Gasteiger partial charge < -0.3 is 47.0 Å². The molecular formula is C33H43N5O15S. The van der Waals surface area contributed by atoms with Gasteiger partial charge in [0.25, 0.3) is 0 Å². The monoisotopic (exact) mass is 781 g/mol. The number of nitrogens with one attached hydrogen (secondary N) is 5. The van der Waals surface area contributed by atoms with Crippen molar-refractivity contribution in [1.29, 1.82) is 0 Å². The summed E-state index contributed by atoms with van der Waals surface area (Å²) in [5.74, 6) is -9.83. The van der Waals surface area contributed by atoms with Crippen LogP contribution in [0.5, 0.6) is 0 Å². The molecule has 0 heterocycles. The van der Waals surface area contributed by atoms with Crippen molar-refractivity contribution in [1.82, 2.24) is 26.6 Å². The number of hydrogen-bond acceptors (Lipinski definition) is 12. The summed E-state index contributed by atoms with van der Waals surface area (Å²) in [6.45, 7) is 1.41. The van der Waals surface area contributed by atoms with E-state index in [1.54, 1.807) is 24.3 Å². The largest absolute Gasteiger partial charge is 0.480 e. The average Bonchev–Trinajstić information content (AvgIpc) is 3.10. The molecule has 0 saturated carbocycles. The fourth-order valence-electron chi connectivity index (χ4n) is 4.49. The molecule has 21 heteroatoms. The molecule has 1 aromatic carbocycles. The van der Waals surface area contributed by atoms with E-state index in [0.29, 0.717) is 17.4 Å². The van der Waals surface area contributed by atoms with Crippen LogP contribution >= 0.6 is 11.8 Å². The van der Waals surface area contributed by atoms with Gasteiger partial charge in [-0.05, 0) is 31.2 Å². The van der Waals surface area contributed by atoms with Crippen LogP contribution in [0.1, 0.15) is 80.6 Å². The molecule has 0 aliphatic carbocycles. The predicted molar refractivity (Wildman–Crippen MR) is 187 cm³/mol. The van der Waals surface area contributed by atoms with Gasteiger partial charge in [-0.3, -0.25) is 33.6 Å². The van der Waals surface area contributed by atoms with Gasteiger partial charge in [0.15, 0.2) is 5.12 Å². The standard InChI is InChI=1S/C33H43N5O15S/c1-18(40)54-15-14-29(45)38-24(33(52)53)9-13-28(44)37-23(32(50)51)8-12-27(43)36-22(31(48)49)7-11-26(42)35-21(30(46)47)6-10-25(41)34-16-19-2-4-20(17-39)5-3-19/h2-5,17,21-24H,6-16H2,1H3,(H,34,41)(H,35,42)(H,36,43)(H,37,44)(H,38,45)(H,46,47)(H,48,49)(H,50,51)(H,52,53). The van der Waals surface area contributed by atoms with Crippen molar-refractivity contribution in [3.8, 4) is 0 Å². The Morgan fingerprint density at radius 2 is 0.889 bits per heavy atom. The lowest BCUT2D eigenvalue weighted by molar-refractivity contribution is -0.144. The predicted octanol–water partition coefficient (Wildman–Crippen LogP) is -0.816. The van der Waals surface area contributed by atoms with E-state index >= 15 is 0 Å². The van der Waals surface area contributed by atoms with E-state index in [1.807, 2.05) is 0 Å². The molecule has 4 atom stereocenters. The Bertz CT molecular complexity index is 1550. The molecule has 0 bridgehead atoms. The highest BCUT2D eigenvalue weighted by Gasteiger charge is 2.27. The molecule has 0 radical (unpaired) electrons. The zero-order chi connectivity index (χ0) is 40.8. The number of amides is 5. The van der Waals surface area contributed by atoms with Gasteiger partial charge >= 0.3 is 23.9 Å². The minimum absolute atomic E-state index is 0.110. The van der Waals surface area contributed by atoms with Crippen LogP contribution in [0.15, 0.2) is 24.3 Å². The third-order valence-electron chi connectivity index (χ3n) is 7.41. The van der Waals surface area contributed by atoms with Gasteiger partial charge in [0.05, 0.1) is 0 Å². The number of aldehydes is 1. The van der Waals surface area contributed by atoms with Crippen LogP contribution in [0.25, 0.3) is 0 Å². The maximum atomic E-state index is 12.5. The second-order valence-corrected chi connectivity index (χ2v) is 13.0. The van der Waals surface area contributed by atoms with Crippen molar-refractivity contribution in [2.24, 2.45) is 0 Å². The highest BCUT2D eigenvalue weighted by molar-refractivity contribution is 8.13. The third kappa shape index (κ3) is 19.7. The van der Waals surface area contributed by atoms with Crippen molar-refractivity contribution in [3.05, 3.63) is 35.4 Å². The Hall–Kier alpha value is -5.86. The van der Waals surface area contributed by atoms with Crippen LogP contribution < -0.4 is 26.6 Å². The van der Waals surface area contributed by atoms with Gasteiger partial charge in [-0.2, -0.15) is 0 Å². The highest BCUT2D eigenvalue weighted by atomic mass is 32.2. The first kappa shape index (κ1) is 46.2. The van der Waals surface area contributed by atoms with Gasteiger partial charge in [0.2, 0.25) is 29.5 Å². The number of carboxylic acids is 4. The number of thioether (sulfide) groups is 1. The number of carboxylic acid groups (broad SMARTS) is 4. The van der Waals surface area contributed by atoms with Crippen molar-refractivity contribution >= 4 is 76.6 Å². The molecular weight excluding hydrogens is 738 g/mol. The van der Waals surface area contributed by atoms with E-state index in [4.69, 9.17) is 0 Å². The summed E-state index contributed by atoms with van der Waals surface area (Å²) in [7, 11) is 0. The Labute approximate surface area is 312 Å². The molecule has 296 valence electrons. The summed E-state index contributed by atoms with van der Waals surface area (Å²) >= 11 is 0.869. The molecule has 0 spiro atoms. The minimum Gasteiger partial charge on any atom is -0.480 e. The number of carbonyl (C=O) groups excluding carboxylic acids is 7. The van der Waals surface area contributed by atoms with E-state index in [0.717, 1.165) is 11.8 Å². The fourth-order valence-corrected chi connectivity index (χ4v) is 5.06. The van der Waals surface area contributed by atoms with E-state index < -0.39 is 116 Å². The van der Waals surface area contributed by atoms with Crippen molar-refractivity contribution in [2.75, 3.05) is 5.75 Å². The second-order valence-electron chi connectivity index (χ2n) is 11.7. The van der Waals surface area contributed by atoms with Crippen LogP contribution in [0.2, 0.25) is 0 Å². The molecule has 0 saturated heterocycles. The molecule has 1 rings (SSSR count). The summed E-state index contributed by atoms with van der Waals surface area (Å²) in [4.78, 5) is 130. The van der Waals surface area contributed by atoms with Crippen LogP contribution in [0, 0.1) is 0 Å². The zero-order valence-electron chi connectivity index (χ0n) is 29.2. The van der Waals surface area contributed by atoms with E-state index in [2.05, 4.69) is 26.6 Å². The lowest BCUT2D eigenvalue weighted by Gasteiger charge is -2.18. The molecule has 0 aromatic heterocycles. The zero-order valence-corrected chi connectivity index (χ0v) is 30.0. The molecule has 54 heavy (non-hydrogen) atoms. The van der Waals surface area contributed by atoms with E-state index in [-0.39, 0.29) is 36.7 Å². The first-order valence-corrected chi connectivity index (χ1v) is 17.4. The topological polar surface area (TPSA) is 329 Å². The van der Waals surface area contributed by atoms with Gasteiger partial charge in [-0.25, -0.2) is 19.2 Å². The highest BCUT2D eigenvalue weighted by Crippen LogP contribution is 2.08. The fraction of sp³-hybridized carbons (Fsp3) is 0.485. The number of rotatable bonds is 26. The lowest BCUT2D eigenvalue weighted by atomic mass is 10.1. The lowest BCUT2D eigenvalue weighted by Crippen LogP contribution is -2.45. The molecule has 4 unspecified atom stereocenters. The molecule has 9 N–H and O–H groups in total. The smallest absolute Gasteiger partial charge is 0.326 e. The van der Waals surface area contributed by atoms with Crippen molar-refractivity contribution in [3.63, 3.8) is 0 Å². The first-order chi connectivity index (χ1) is 25.4. The third-order valence-corrected chi connectivity index (χ3v) is 8.23. The van der Waals surface area contributed by atoms with Crippen molar-refractivity contribution < 1.29 is 73.2 Å². The second kappa shape index (κ2) is 24.4. The summed E-state index contributed by atoms with van der Waals surface area (Å²) in [6.07, 6.45) is -3.13. The van der Waals surface area contributed by atoms with Gasteiger partial charge in [-0.15, -0.1) is 0 Å². The molecule has 0 aliphatic heterocycles. The summed E-state index contributed by atoms with van der Waals surface area (Å²) in [5, 5.41) is 48.8. The minimum atomic E-state index is -1.64. The number of aliphatic carboxylic acids is 4. The van der Waals surface area contributed by atoms with Crippen molar-refractivity contribution in [2.45, 2.75) is 95.4 Å². The quantitative estimate of drug-likeness (QED) is 0.0519. The maximum Gasteiger partial charge on any atom is 0.326 e. The number of benzene rings is 1. The normalized spacial score (nSPS) is 12.8. The average molecular weight is 782 g/mol. The van der Waals surface area contributed by atoms with E-state index in [1.165, 1.54) is 6.92 Å². The molecule has 1 aromatic rings. The van der Waals surface area contributed by atoms with Gasteiger partial charge in [-0.1, -0.05) is 36.0 Å². The van der Waals surface area contributed by atoms with Crippen LogP contribution in [-0.2, 0) is 54.5 Å². The Morgan fingerprint density at radius 1 is 0.556 bits per heavy atom. The van der Waals surface area contributed by atoms with Crippen LogP contribution in [-0.4, -0.2) is 115 Å². The number of hydrogen-bond donors (Lipinski definition) is 9. The van der Waals surface area contributed by atoms with E-state index in [9.17, 15) is 73.2 Å². The Morgan fingerprint density at radius 3 is 1.20 bits per heavy atom. The molecule has 0 fully saturated rings. The summed E-state index contributed by atoms with van der Waals surface area (Å²) in [6, 6.07) is 0.117. The summed E-state index contributed by atoms with van der Waals surface area (Å²) in [5.41, 5.74) is 1.14.